The molecule has 20 heavy (non-hydrogen) atoms. The predicted molar refractivity (Wildman–Crippen MR) is 75.0 cm³/mol. The van der Waals surface area contributed by atoms with Crippen LogP contribution in [0.4, 0.5) is 5.69 Å². The third-order valence-corrected chi connectivity index (χ3v) is 5.80. The maximum atomic E-state index is 12.5. The second-order valence-electron chi connectivity index (χ2n) is 5.16. The fourth-order valence-electron chi connectivity index (χ4n) is 2.58. The van der Waals surface area contributed by atoms with Crippen molar-refractivity contribution in [3.8, 4) is 0 Å². The molecule has 7 heteroatoms. The number of rotatable bonds is 4. The summed E-state index contributed by atoms with van der Waals surface area (Å²) in [6, 6.07) is 4.06. The maximum absolute atomic E-state index is 12.5. The van der Waals surface area contributed by atoms with Gasteiger partial charge in [-0.3, -0.25) is 10.1 Å². The van der Waals surface area contributed by atoms with Gasteiger partial charge in [0.2, 0.25) is 10.0 Å². The van der Waals surface area contributed by atoms with Gasteiger partial charge in [0.1, 0.15) is 0 Å². The van der Waals surface area contributed by atoms with Gasteiger partial charge in [0.15, 0.2) is 0 Å². The molecule has 0 heterocycles. The van der Waals surface area contributed by atoms with Gasteiger partial charge in [-0.2, -0.15) is 4.31 Å². The maximum Gasteiger partial charge on any atom is 0.273 e. The molecule has 0 amide bonds. The summed E-state index contributed by atoms with van der Waals surface area (Å²) in [7, 11) is -2.11. The molecular formula is C13H18N2O4S. The molecule has 0 aromatic heterocycles. The molecule has 1 saturated carbocycles. The molecule has 1 aromatic rings. The Morgan fingerprint density at radius 2 is 1.90 bits per heavy atom. The second-order valence-corrected chi connectivity index (χ2v) is 7.16. The van der Waals surface area contributed by atoms with Crippen molar-refractivity contribution >= 4 is 15.7 Å². The summed E-state index contributed by atoms with van der Waals surface area (Å²) in [5, 5.41) is 10.9. The number of hydrogen-bond donors (Lipinski definition) is 0. The first-order valence-electron chi connectivity index (χ1n) is 6.57. The Hall–Kier alpha value is -1.47. The molecule has 1 aliphatic carbocycles. The highest BCUT2D eigenvalue weighted by Crippen LogP contribution is 2.29. The van der Waals surface area contributed by atoms with E-state index in [1.54, 1.807) is 14.0 Å². The Kier molecular flexibility index (Phi) is 4.10. The van der Waals surface area contributed by atoms with E-state index in [1.165, 1.54) is 16.4 Å². The van der Waals surface area contributed by atoms with Crippen LogP contribution in [-0.4, -0.2) is 30.7 Å². The number of sulfonamides is 1. The number of nitrogens with zero attached hydrogens (tertiary/aromatic N) is 2. The molecule has 0 bridgehead atoms. The highest BCUT2D eigenvalue weighted by molar-refractivity contribution is 7.89. The minimum Gasteiger partial charge on any atom is -0.258 e. The molecule has 0 N–H and O–H groups in total. The van der Waals surface area contributed by atoms with Gasteiger partial charge in [-0.1, -0.05) is 18.9 Å². The third kappa shape index (κ3) is 2.69. The molecular weight excluding hydrogens is 280 g/mol. The average Bonchev–Trinajstić information content (AvgIpc) is 2.91. The van der Waals surface area contributed by atoms with Crippen LogP contribution in [0, 0.1) is 17.0 Å². The van der Waals surface area contributed by atoms with Crippen molar-refractivity contribution in [2.45, 2.75) is 43.5 Å². The largest absolute Gasteiger partial charge is 0.273 e. The summed E-state index contributed by atoms with van der Waals surface area (Å²) >= 11 is 0. The zero-order valence-electron chi connectivity index (χ0n) is 11.6. The van der Waals surface area contributed by atoms with E-state index in [0.29, 0.717) is 5.56 Å². The van der Waals surface area contributed by atoms with E-state index in [0.717, 1.165) is 31.7 Å². The first-order chi connectivity index (χ1) is 9.34. The lowest BCUT2D eigenvalue weighted by atomic mass is 10.2. The van der Waals surface area contributed by atoms with Gasteiger partial charge < -0.3 is 0 Å². The molecule has 1 fully saturated rings. The molecule has 0 aliphatic heterocycles. The van der Waals surface area contributed by atoms with Crippen LogP contribution >= 0.6 is 0 Å². The van der Waals surface area contributed by atoms with E-state index in [4.69, 9.17) is 0 Å². The van der Waals surface area contributed by atoms with Crippen LogP contribution in [0.15, 0.2) is 23.1 Å². The molecule has 1 aliphatic rings. The Bertz CT molecular complexity index is 621. The topological polar surface area (TPSA) is 80.5 Å². The first kappa shape index (κ1) is 14.9. The van der Waals surface area contributed by atoms with Gasteiger partial charge in [0.05, 0.1) is 9.82 Å². The molecule has 0 unspecified atom stereocenters. The van der Waals surface area contributed by atoms with Crippen molar-refractivity contribution in [3.05, 3.63) is 33.9 Å². The zero-order chi connectivity index (χ0) is 14.9. The summed E-state index contributed by atoms with van der Waals surface area (Å²) < 4.78 is 26.4. The van der Waals surface area contributed by atoms with E-state index in [9.17, 15) is 18.5 Å². The minimum atomic E-state index is -3.67. The van der Waals surface area contributed by atoms with Crippen LogP contribution in [0.25, 0.3) is 0 Å². The van der Waals surface area contributed by atoms with E-state index in [1.807, 2.05) is 0 Å². The Morgan fingerprint density at radius 3 is 2.45 bits per heavy atom. The van der Waals surface area contributed by atoms with E-state index < -0.39 is 14.9 Å². The van der Waals surface area contributed by atoms with Crippen LogP contribution < -0.4 is 0 Å². The number of benzene rings is 1. The molecule has 0 atom stereocenters. The van der Waals surface area contributed by atoms with Gasteiger partial charge in [0.25, 0.3) is 5.69 Å². The number of aryl methyl sites for hydroxylation is 1. The van der Waals surface area contributed by atoms with Crippen molar-refractivity contribution in [2.75, 3.05) is 7.05 Å². The fourth-order valence-corrected chi connectivity index (χ4v) is 4.01. The summed E-state index contributed by atoms with van der Waals surface area (Å²) in [5.74, 6) is 0. The monoisotopic (exact) mass is 298 g/mol. The fraction of sp³-hybridized carbons (Fsp3) is 0.538. The number of nitro groups is 1. The van der Waals surface area contributed by atoms with Crippen molar-refractivity contribution in [2.24, 2.45) is 0 Å². The third-order valence-electron chi connectivity index (χ3n) is 3.89. The van der Waals surface area contributed by atoms with Gasteiger partial charge in [0, 0.05) is 24.7 Å². The van der Waals surface area contributed by atoms with Crippen molar-refractivity contribution in [1.29, 1.82) is 0 Å². The summed E-state index contributed by atoms with van der Waals surface area (Å²) in [6.07, 6.45) is 3.75. The van der Waals surface area contributed by atoms with E-state index in [-0.39, 0.29) is 16.6 Å². The first-order valence-corrected chi connectivity index (χ1v) is 8.01. The van der Waals surface area contributed by atoms with E-state index >= 15 is 0 Å². The molecule has 0 spiro atoms. The highest BCUT2D eigenvalue weighted by atomic mass is 32.2. The normalized spacial score (nSPS) is 16.8. The van der Waals surface area contributed by atoms with Crippen LogP contribution in [0.1, 0.15) is 31.2 Å². The molecule has 110 valence electrons. The quantitative estimate of drug-likeness (QED) is 0.631. The highest BCUT2D eigenvalue weighted by Gasteiger charge is 2.31. The van der Waals surface area contributed by atoms with Crippen molar-refractivity contribution < 1.29 is 13.3 Å². The molecule has 0 radical (unpaired) electrons. The minimum absolute atomic E-state index is 0.000333. The van der Waals surface area contributed by atoms with Crippen LogP contribution in [0.2, 0.25) is 0 Å². The van der Waals surface area contributed by atoms with Crippen LogP contribution in [-0.2, 0) is 10.0 Å². The van der Waals surface area contributed by atoms with Crippen LogP contribution in [0.3, 0.4) is 0 Å². The van der Waals surface area contributed by atoms with Crippen molar-refractivity contribution in [3.63, 3.8) is 0 Å². The van der Waals surface area contributed by atoms with Gasteiger partial charge in [-0.05, 0) is 25.8 Å². The standard InChI is InChI=1S/C13H18N2O4S/c1-10-7-8-12(9-13(10)15(16)17)20(18,19)14(2)11-5-3-4-6-11/h7-9,11H,3-6H2,1-2H3. The van der Waals surface area contributed by atoms with Gasteiger partial charge in [-0.25, -0.2) is 8.42 Å². The molecule has 6 nitrogen and oxygen atoms in total. The van der Waals surface area contributed by atoms with E-state index in [2.05, 4.69) is 0 Å². The zero-order valence-corrected chi connectivity index (χ0v) is 12.4. The SMILES string of the molecule is Cc1ccc(S(=O)(=O)N(C)C2CCCC2)cc1[N+](=O)[O-]. The molecule has 0 saturated heterocycles. The lowest BCUT2D eigenvalue weighted by Crippen LogP contribution is -2.35. The van der Waals surface area contributed by atoms with Crippen molar-refractivity contribution in [1.82, 2.24) is 4.31 Å². The Balaban J connectivity index is 2.38. The molecule has 1 aromatic carbocycles. The smallest absolute Gasteiger partial charge is 0.258 e. The Labute approximate surface area is 118 Å². The lowest BCUT2D eigenvalue weighted by molar-refractivity contribution is -0.385. The number of nitro benzene ring substituents is 1. The van der Waals surface area contributed by atoms with Gasteiger partial charge in [-0.15, -0.1) is 0 Å². The second kappa shape index (κ2) is 5.49. The average molecular weight is 298 g/mol. The van der Waals surface area contributed by atoms with Gasteiger partial charge >= 0.3 is 0 Å². The summed E-state index contributed by atoms with van der Waals surface area (Å²) in [5.41, 5.74) is 0.295. The summed E-state index contributed by atoms with van der Waals surface area (Å²) in [6.45, 7) is 1.59. The summed E-state index contributed by atoms with van der Waals surface area (Å²) in [4.78, 5) is 10.4. The Morgan fingerprint density at radius 1 is 1.30 bits per heavy atom. The predicted octanol–water partition coefficient (Wildman–Crippen LogP) is 2.47. The molecule has 2 rings (SSSR count). The van der Waals surface area contributed by atoms with Crippen LogP contribution in [0.5, 0.6) is 0 Å². The lowest BCUT2D eigenvalue weighted by Gasteiger charge is -2.23. The number of hydrogen-bond acceptors (Lipinski definition) is 4.